The van der Waals surface area contributed by atoms with Crippen LogP contribution in [0.3, 0.4) is 0 Å². The predicted molar refractivity (Wildman–Crippen MR) is 112 cm³/mol. The number of nitrogens with one attached hydrogen (secondary N) is 1. The number of aromatic hydroxyl groups is 1. The van der Waals surface area contributed by atoms with Gasteiger partial charge in [-0.25, -0.2) is 8.78 Å². The summed E-state index contributed by atoms with van der Waals surface area (Å²) in [7, 11) is 0. The predicted octanol–water partition coefficient (Wildman–Crippen LogP) is 2.11. The molecule has 2 N–H and O–H groups in total. The molecular formula is C21H19ClF2N4O4. The van der Waals surface area contributed by atoms with Gasteiger partial charge in [-0.2, -0.15) is 0 Å². The van der Waals surface area contributed by atoms with Crippen molar-refractivity contribution in [3.63, 3.8) is 0 Å². The summed E-state index contributed by atoms with van der Waals surface area (Å²) in [5, 5.41) is 13.9. The van der Waals surface area contributed by atoms with E-state index >= 15 is 0 Å². The summed E-state index contributed by atoms with van der Waals surface area (Å²) in [6.07, 6.45) is 4.90. The van der Waals surface area contributed by atoms with Gasteiger partial charge in [0, 0.05) is 24.3 Å². The Bertz CT molecular complexity index is 1230. The van der Waals surface area contributed by atoms with Gasteiger partial charge >= 0.3 is 0 Å². The Morgan fingerprint density at radius 2 is 1.91 bits per heavy atom. The fraction of sp³-hybridized carbons (Fsp3) is 0.286. The number of nitrogens with zero attached hydrogens (tertiary/aromatic N) is 3. The first-order valence-electron chi connectivity index (χ1n) is 9.77. The van der Waals surface area contributed by atoms with Crippen LogP contribution in [0.2, 0.25) is 5.02 Å². The molecule has 2 atom stereocenters. The third-order valence-corrected chi connectivity index (χ3v) is 5.98. The van der Waals surface area contributed by atoms with E-state index in [0.29, 0.717) is 0 Å². The highest BCUT2D eigenvalue weighted by Crippen LogP contribution is 2.26. The number of pyridine rings is 1. The fourth-order valence-corrected chi connectivity index (χ4v) is 3.90. The van der Waals surface area contributed by atoms with Crippen molar-refractivity contribution in [2.75, 3.05) is 11.7 Å². The minimum Gasteiger partial charge on any atom is -0.502 e. The average Bonchev–Trinajstić information content (AvgIpc) is 2.89. The Labute approximate surface area is 186 Å². The maximum Gasteiger partial charge on any atom is 0.278 e. The number of aromatic nitrogens is 1. The molecule has 168 valence electrons. The zero-order valence-corrected chi connectivity index (χ0v) is 17.9. The summed E-state index contributed by atoms with van der Waals surface area (Å²) in [4.78, 5) is 39.8. The molecule has 32 heavy (non-hydrogen) atoms. The van der Waals surface area contributed by atoms with Gasteiger partial charge in [0.25, 0.3) is 11.8 Å². The molecule has 0 aliphatic carbocycles. The van der Waals surface area contributed by atoms with E-state index in [2.05, 4.69) is 5.32 Å². The van der Waals surface area contributed by atoms with E-state index in [-0.39, 0.29) is 36.6 Å². The van der Waals surface area contributed by atoms with E-state index in [1.807, 2.05) is 26.0 Å². The summed E-state index contributed by atoms with van der Waals surface area (Å²) < 4.78 is 28.7. The first-order valence-corrected chi connectivity index (χ1v) is 10.1. The highest BCUT2D eigenvalue weighted by atomic mass is 35.5. The van der Waals surface area contributed by atoms with E-state index in [1.54, 1.807) is 5.01 Å². The van der Waals surface area contributed by atoms with Crippen LogP contribution in [0.4, 0.5) is 8.78 Å². The van der Waals surface area contributed by atoms with Crippen LogP contribution in [-0.4, -0.2) is 45.2 Å². The molecule has 2 aromatic rings. The minimum absolute atomic E-state index is 0.0851. The van der Waals surface area contributed by atoms with Gasteiger partial charge in [-0.1, -0.05) is 29.8 Å². The van der Waals surface area contributed by atoms with Crippen molar-refractivity contribution in [3.05, 3.63) is 74.2 Å². The van der Waals surface area contributed by atoms with E-state index in [4.69, 9.17) is 11.6 Å². The molecule has 11 heteroatoms. The molecule has 8 nitrogen and oxygen atoms in total. The number of amides is 2. The Morgan fingerprint density at radius 3 is 2.62 bits per heavy atom. The molecule has 3 heterocycles. The zero-order valence-electron chi connectivity index (χ0n) is 17.1. The van der Waals surface area contributed by atoms with E-state index in [1.165, 1.54) is 15.8 Å². The number of carbonyl (C=O) groups is 2. The fourth-order valence-electron chi connectivity index (χ4n) is 3.71. The Hall–Kier alpha value is -3.40. The van der Waals surface area contributed by atoms with Crippen LogP contribution < -0.4 is 15.8 Å². The quantitative estimate of drug-likeness (QED) is 0.536. The monoisotopic (exact) mass is 464 g/mol. The van der Waals surface area contributed by atoms with Crippen molar-refractivity contribution >= 4 is 23.4 Å². The van der Waals surface area contributed by atoms with E-state index in [0.717, 1.165) is 12.1 Å². The van der Waals surface area contributed by atoms with Crippen molar-refractivity contribution < 1.29 is 23.5 Å². The van der Waals surface area contributed by atoms with Crippen molar-refractivity contribution in [2.24, 2.45) is 0 Å². The lowest BCUT2D eigenvalue weighted by Crippen LogP contribution is -2.57. The lowest BCUT2D eigenvalue weighted by Gasteiger charge is -2.41. The second-order valence-corrected chi connectivity index (χ2v) is 8.03. The van der Waals surface area contributed by atoms with Crippen molar-refractivity contribution in [1.82, 2.24) is 14.9 Å². The molecule has 2 aliphatic rings. The molecule has 1 aromatic carbocycles. The zero-order chi connectivity index (χ0) is 23.3. The molecule has 0 spiro atoms. The summed E-state index contributed by atoms with van der Waals surface area (Å²) in [5.41, 5.74) is -1.79. The van der Waals surface area contributed by atoms with Crippen LogP contribution in [0, 0.1) is 11.6 Å². The second-order valence-electron chi connectivity index (χ2n) is 7.65. The van der Waals surface area contributed by atoms with Gasteiger partial charge in [-0.05, 0) is 19.9 Å². The molecule has 2 bridgehead atoms. The highest BCUT2D eigenvalue weighted by molar-refractivity contribution is 6.30. The molecule has 1 aromatic heterocycles. The first-order chi connectivity index (χ1) is 15.1. The van der Waals surface area contributed by atoms with Crippen molar-refractivity contribution in [3.8, 4) is 5.75 Å². The lowest BCUT2D eigenvalue weighted by atomic mass is 10.1. The van der Waals surface area contributed by atoms with Crippen LogP contribution in [0.5, 0.6) is 5.75 Å². The maximum atomic E-state index is 14.1. The topological polar surface area (TPSA) is 94.9 Å². The molecule has 0 saturated carbocycles. The number of carbonyl (C=O) groups excluding carboxylic acids is 2. The lowest BCUT2D eigenvalue weighted by molar-refractivity contribution is 0.0652. The first kappa shape index (κ1) is 21.8. The number of fused-ring (bicyclic) bond motifs is 4. The third kappa shape index (κ3) is 3.40. The average molecular weight is 465 g/mol. The molecule has 2 amide bonds. The molecule has 2 aliphatic heterocycles. The van der Waals surface area contributed by atoms with Crippen LogP contribution in [0.25, 0.3) is 0 Å². The van der Waals surface area contributed by atoms with E-state index < -0.39 is 45.2 Å². The smallest absolute Gasteiger partial charge is 0.278 e. The normalized spacial score (nSPS) is 19.6. The van der Waals surface area contributed by atoms with Crippen molar-refractivity contribution in [1.29, 1.82) is 0 Å². The van der Waals surface area contributed by atoms with Crippen LogP contribution >= 0.6 is 11.6 Å². The van der Waals surface area contributed by atoms with Crippen LogP contribution in [0.15, 0.2) is 35.3 Å². The number of hydrogen-bond donors (Lipinski definition) is 2. The molecular weight excluding hydrogens is 446 g/mol. The van der Waals surface area contributed by atoms with Gasteiger partial charge < -0.3 is 15.3 Å². The summed E-state index contributed by atoms with van der Waals surface area (Å²) in [6, 6.07) is 1.62. The van der Waals surface area contributed by atoms with Gasteiger partial charge in [0.1, 0.15) is 28.9 Å². The Balaban J connectivity index is 1.70. The molecule has 4 rings (SSSR count). The molecule has 0 unspecified atom stereocenters. The highest BCUT2D eigenvalue weighted by Gasteiger charge is 2.38. The maximum absolute atomic E-state index is 14.1. The standard InChI is InChI=1S/C21H19ClF2N4O4/c1-10-3-4-11(2)28-9-26(10)21(32)17-19(30)18(29)13(8-27(17)28)20(31)25-7-12-5-6-14(23)15(22)16(12)24/h3-6,8,10-11,30H,7,9H2,1-2H3,(H,25,31)/t10-,11+/m0/s1. The number of rotatable bonds is 3. The minimum atomic E-state index is -1.03. The summed E-state index contributed by atoms with van der Waals surface area (Å²) in [5.74, 6) is -4.26. The SMILES string of the molecule is C[C@@H]1C=C[C@H](C)N2CN1n1cc(C(=O)NCc3ccc(F)c(Cl)c3F)c(=O)c(O)c1C2=O. The van der Waals surface area contributed by atoms with Gasteiger partial charge in [-0.3, -0.25) is 24.1 Å². The second kappa shape index (κ2) is 7.94. The summed E-state index contributed by atoms with van der Waals surface area (Å²) in [6.45, 7) is 3.49. The summed E-state index contributed by atoms with van der Waals surface area (Å²) >= 11 is 5.54. The van der Waals surface area contributed by atoms with Gasteiger partial charge in [-0.15, -0.1) is 0 Å². The van der Waals surface area contributed by atoms with E-state index in [9.17, 15) is 28.3 Å². The number of halogens is 3. The number of benzene rings is 1. The molecule has 0 saturated heterocycles. The molecule has 0 radical (unpaired) electrons. The molecule has 0 fully saturated rings. The van der Waals surface area contributed by atoms with Gasteiger partial charge in [0.15, 0.2) is 11.4 Å². The van der Waals surface area contributed by atoms with Crippen molar-refractivity contribution in [2.45, 2.75) is 32.5 Å². The largest absolute Gasteiger partial charge is 0.502 e. The van der Waals surface area contributed by atoms with Gasteiger partial charge in [0.2, 0.25) is 5.43 Å². The van der Waals surface area contributed by atoms with Crippen LogP contribution in [-0.2, 0) is 6.54 Å². The Morgan fingerprint density at radius 1 is 1.22 bits per heavy atom. The van der Waals surface area contributed by atoms with Gasteiger partial charge in [0.05, 0.1) is 6.04 Å². The number of hydrogen-bond acceptors (Lipinski definition) is 5. The third-order valence-electron chi connectivity index (χ3n) is 5.63. The van der Waals surface area contributed by atoms with Crippen LogP contribution in [0.1, 0.15) is 40.3 Å². The Kier molecular flexibility index (Phi) is 5.41.